The van der Waals surface area contributed by atoms with Crippen LogP contribution in [0.25, 0.3) is 10.2 Å². The number of carbonyl (C=O) groups is 2. The van der Waals surface area contributed by atoms with Crippen molar-refractivity contribution < 1.29 is 36.6 Å². The number of ether oxygens (including phenoxy) is 3. The van der Waals surface area contributed by atoms with E-state index in [0.717, 1.165) is 16.9 Å². The van der Waals surface area contributed by atoms with Gasteiger partial charge in [0.05, 0.1) is 23.5 Å². The highest BCUT2D eigenvalue weighted by molar-refractivity contribution is 7.91. The second-order valence-electron chi connectivity index (χ2n) is 9.79. The average Bonchev–Trinajstić information content (AvgIpc) is 3.62. The highest BCUT2D eigenvalue weighted by Gasteiger charge is 2.30. The number of methoxy groups -OCH3 is 1. The molecule has 13 nitrogen and oxygen atoms in total. The molecule has 4 rings (SSSR count). The first-order chi connectivity index (χ1) is 20.5. The van der Waals surface area contributed by atoms with Gasteiger partial charge in [-0.1, -0.05) is 31.2 Å². The Labute approximate surface area is 251 Å². The zero-order chi connectivity index (χ0) is 31.1. The van der Waals surface area contributed by atoms with Gasteiger partial charge in [0.1, 0.15) is 49.2 Å². The minimum absolute atomic E-state index is 0.0224. The van der Waals surface area contributed by atoms with Gasteiger partial charge in [0, 0.05) is 6.42 Å². The van der Waals surface area contributed by atoms with Crippen molar-refractivity contribution in [1.82, 2.24) is 25.3 Å². The molecule has 0 bridgehead atoms. The first-order valence-electron chi connectivity index (χ1n) is 13.1. The van der Waals surface area contributed by atoms with Gasteiger partial charge in [-0.05, 0) is 41.8 Å². The zero-order valence-electron chi connectivity index (χ0n) is 23.6. The van der Waals surface area contributed by atoms with Crippen molar-refractivity contribution >= 4 is 43.5 Å². The number of sulfonamides is 1. The van der Waals surface area contributed by atoms with Gasteiger partial charge in [0.2, 0.25) is 10.2 Å². The summed E-state index contributed by atoms with van der Waals surface area (Å²) >= 11 is 0.935. The molecule has 230 valence electrons. The van der Waals surface area contributed by atoms with E-state index in [1.807, 2.05) is 13.8 Å². The van der Waals surface area contributed by atoms with Crippen LogP contribution in [0.4, 0.5) is 4.39 Å². The molecule has 43 heavy (non-hydrogen) atoms. The van der Waals surface area contributed by atoms with E-state index in [0.29, 0.717) is 27.4 Å². The molecule has 2 heterocycles. The molecule has 0 unspecified atom stereocenters. The Morgan fingerprint density at radius 2 is 1.84 bits per heavy atom. The first-order valence-corrected chi connectivity index (χ1v) is 15.5. The van der Waals surface area contributed by atoms with Crippen molar-refractivity contribution in [3.63, 3.8) is 0 Å². The Hall–Kier alpha value is -4.15. The molecule has 0 aliphatic carbocycles. The summed E-state index contributed by atoms with van der Waals surface area (Å²) in [4.78, 5) is 30.0. The van der Waals surface area contributed by atoms with E-state index in [4.69, 9.17) is 19.3 Å². The van der Waals surface area contributed by atoms with Crippen LogP contribution >= 0.6 is 11.3 Å². The van der Waals surface area contributed by atoms with Gasteiger partial charge in [-0.2, -0.15) is 0 Å². The van der Waals surface area contributed by atoms with Crippen molar-refractivity contribution in [2.24, 2.45) is 11.1 Å². The van der Waals surface area contributed by atoms with Crippen LogP contribution in [0, 0.1) is 5.92 Å². The molecule has 0 aliphatic rings. The number of primary sulfonamides is 1. The van der Waals surface area contributed by atoms with Crippen molar-refractivity contribution in [2.45, 2.75) is 43.3 Å². The lowest BCUT2D eigenvalue weighted by Gasteiger charge is -2.23. The topological polar surface area (TPSA) is 178 Å². The van der Waals surface area contributed by atoms with Gasteiger partial charge < -0.3 is 19.5 Å². The summed E-state index contributed by atoms with van der Waals surface area (Å²) in [5.41, 5.74) is 1.65. The third kappa shape index (κ3) is 8.24. The number of nitrogens with zero attached hydrogens (tertiary/aromatic N) is 4. The lowest BCUT2D eigenvalue weighted by atomic mass is 10.0. The van der Waals surface area contributed by atoms with Crippen molar-refractivity contribution in [3.05, 3.63) is 59.9 Å². The van der Waals surface area contributed by atoms with Crippen molar-refractivity contribution in [2.75, 3.05) is 20.4 Å². The largest absolute Gasteiger partial charge is 0.491 e. The standard InChI is InChI=1S/C27H31FN6O7S2/c1-16(2)24(25(35)30-22(26(36)39-3)12-17-4-6-19(7-5-17)40-11-10-28)34-14-18(32-33-34)15-41-20-8-9-21-23(13-20)42-27(31-21)43(29,37)38/h4-9,13-14,16,22,24H,10-12,15H2,1-3H3,(H,30,35)(H2,29,37,38)/t22-,24-/m0/s1. The Kier molecular flexibility index (Phi) is 10.3. The predicted octanol–water partition coefficient (Wildman–Crippen LogP) is 2.56. The molecule has 0 radical (unpaired) electrons. The molecule has 2 aromatic heterocycles. The molecule has 3 N–H and O–H groups in total. The molecule has 2 atom stereocenters. The maximum Gasteiger partial charge on any atom is 0.328 e. The van der Waals surface area contributed by atoms with Crippen LogP contribution in [0.1, 0.15) is 31.1 Å². The number of hydrogen-bond donors (Lipinski definition) is 2. The van der Waals surface area contributed by atoms with E-state index in [9.17, 15) is 22.4 Å². The number of aromatic nitrogens is 4. The van der Waals surface area contributed by atoms with Gasteiger partial charge in [-0.15, -0.1) is 16.4 Å². The summed E-state index contributed by atoms with van der Waals surface area (Å²) in [5.74, 6) is -0.344. The van der Waals surface area contributed by atoms with Crippen LogP contribution in [-0.4, -0.2) is 66.7 Å². The molecular formula is C27H31FN6O7S2. The number of amides is 1. The molecule has 1 amide bonds. The number of thiazole rings is 1. The number of rotatable bonds is 14. The normalized spacial score (nSPS) is 13.1. The van der Waals surface area contributed by atoms with Gasteiger partial charge in [0.25, 0.3) is 10.0 Å². The number of carbonyl (C=O) groups excluding carboxylic acids is 2. The fourth-order valence-electron chi connectivity index (χ4n) is 4.20. The Morgan fingerprint density at radius 3 is 2.49 bits per heavy atom. The van der Waals surface area contributed by atoms with Gasteiger partial charge in [-0.25, -0.2) is 32.4 Å². The monoisotopic (exact) mass is 634 g/mol. The van der Waals surface area contributed by atoms with Crippen LogP contribution < -0.4 is 19.9 Å². The number of hydrogen-bond acceptors (Lipinski definition) is 11. The number of nitrogens with one attached hydrogen (secondary N) is 1. The lowest BCUT2D eigenvalue weighted by molar-refractivity contribution is -0.145. The molecule has 0 saturated carbocycles. The minimum Gasteiger partial charge on any atom is -0.491 e. The van der Waals surface area contributed by atoms with E-state index in [1.165, 1.54) is 11.8 Å². The minimum atomic E-state index is -3.91. The number of benzene rings is 2. The van der Waals surface area contributed by atoms with E-state index in [1.54, 1.807) is 48.7 Å². The molecule has 4 aromatic rings. The fourth-order valence-corrected chi connectivity index (χ4v) is 5.89. The Balaban J connectivity index is 1.42. The molecular weight excluding hydrogens is 603 g/mol. The van der Waals surface area contributed by atoms with Gasteiger partial charge in [-0.3, -0.25) is 4.79 Å². The number of halogens is 1. The van der Waals surface area contributed by atoms with Crippen LogP contribution in [-0.2, 0) is 37.4 Å². The van der Waals surface area contributed by atoms with E-state index in [2.05, 4.69) is 20.6 Å². The van der Waals surface area contributed by atoms with Crippen LogP contribution in [0.2, 0.25) is 0 Å². The van der Waals surface area contributed by atoms with Gasteiger partial charge in [0.15, 0.2) is 0 Å². The van der Waals surface area contributed by atoms with E-state index in [-0.39, 0.29) is 29.9 Å². The molecule has 0 saturated heterocycles. The van der Waals surface area contributed by atoms with Crippen LogP contribution in [0.15, 0.2) is 53.0 Å². The maximum absolute atomic E-state index is 13.4. The SMILES string of the molecule is COC(=O)[C@H](Cc1ccc(OCCF)cc1)NC(=O)[C@H](C(C)C)n1cc(COc2ccc3nc(S(N)(=O)=O)sc3c2)nn1. The average molecular weight is 635 g/mol. The summed E-state index contributed by atoms with van der Waals surface area (Å²) in [7, 11) is -2.67. The predicted molar refractivity (Wildman–Crippen MR) is 155 cm³/mol. The lowest BCUT2D eigenvalue weighted by Crippen LogP contribution is -2.47. The molecule has 16 heteroatoms. The number of esters is 1. The summed E-state index contributed by atoms with van der Waals surface area (Å²) in [5, 5.41) is 16.2. The summed E-state index contributed by atoms with van der Waals surface area (Å²) in [6, 6.07) is 9.92. The Bertz CT molecular complexity index is 1670. The number of fused-ring (bicyclic) bond motifs is 1. The van der Waals surface area contributed by atoms with Crippen molar-refractivity contribution in [3.8, 4) is 11.5 Å². The zero-order valence-corrected chi connectivity index (χ0v) is 25.2. The smallest absolute Gasteiger partial charge is 0.328 e. The molecule has 0 fully saturated rings. The van der Waals surface area contributed by atoms with Crippen LogP contribution in [0.5, 0.6) is 11.5 Å². The maximum atomic E-state index is 13.4. The molecule has 0 spiro atoms. The van der Waals surface area contributed by atoms with Gasteiger partial charge >= 0.3 is 5.97 Å². The quantitative estimate of drug-likeness (QED) is 0.196. The molecule has 0 aliphatic heterocycles. The third-order valence-electron chi connectivity index (χ3n) is 6.22. The third-order valence-corrected chi connectivity index (χ3v) is 8.56. The second-order valence-corrected chi connectivity index (χ2v) is 12.6. The van der Waals surface area contributed by atoms with E-state index >= 15 is 0 Å². The summed E-state index contributed by atoms with van der Waals surface area (Å²) < 4.78 is 53.3. The first kappa shape index (κ1) is 31.8. The summed E-state index contributed by atoms with van der Waals surface area (Å²) in [6.45, 7) is 3.04. The van der Waals surface area contributed by atoms with Crippen LogP contribution in [0.3, 0.4) is 0 Å². The summed E-state index contributed by atoms with van der Waals surface area (Å²) in [6.07, 6.45) is 1.74. The highest BCUT2D eigenvalue weighted by atomic mass is 32.2. The molecule has 2 aromatic carbocycles. The van der Waals surface area contributed by atoms with E-state index < -0.39 is 40.7 Å². The number of nitrogens with two attached hydrogens (primary N) is 1. The highest BCUT2D eigenvalue weighted by Crippen LogP contribution is 2.28. The van der Waals surface area contributed by atoms with Crippen molar-refractivity contribution in [1.29, 1.82) is 0 Å². The second kappa shape index (κ2) is 13.9. The Morgan fingerprint density at radius 1 is 1.12 bits per heavy atom. The number of alkyl halides is 1. The fraction of sp³-hybridized carbons (Fsp3) is 0.370.